The average molecular weight is 309 g/mol. The van der Waals surface area contributed by atoms with E-state index < -0.39 is 23.3 Å². The van der Waals surface area contributed by atoms with Crippen molar-refractivity contribution in [2.75, 3.05) is 4.90 Å². The molecule has 0 aliphatic carbocycles. The molecule has 0 N–H and O–H groups in total. The Morgan fingerprint density at radius 1 is 1.24 bits per heavy atom. The quantitative estimate of drug-likeness (QED) is 0.633. The summed E-state index contributed by atoms with van der Waals surface area (Å²) in [5.41, 5.74) is -0.0549. The van der Waals surface area contributed by atoms with Gasteiger partial charge in [-0.25, -0.2) is 13.8 Å². The number of benzene rings is 1. The topological polar surface area (TPSA) is 50.3 Å². The molecular formula is C14H7ClF2N2O2. The third kappa shape index (κ3) is 2.17. The molecule has 1 aliphatic rings. The normalized spacial score (nSPS) is 13.8. The molecule has 0 bridgehead atoms. The van der Waals surface area contributed by atoms with Crippen LogP contribution in [0.3, 0.4) is 0 Å². The van der Waals surface area contributed by atoms with Crippen LogP contribution in [0.15, 0.2) is 30.5 Å². The van der Waals surface area contributed by atoms with Crippen molar-refractivity contribution < 1.29 is 18.4 Å². The fourth-order valence-electron chi connectivity index (χ4n) is 2.21. The van der Waals surface area contributed by atoms with Crippen molar-refractivity contribution in [1.82, 2.24) is 4.98 Å². The van der Waals surface area contributed by atoms with E-state index in [-0.39, 0.29) is 22.9 Å². The number of hydrogen-bond donors (Lipinski definition) is 0. The first kappa shape index (κ1) is 13.6. The fourth-order valence-corrected chi connectivity index (χ4v) is 2.39. The van der Waals surface area contributed by atoms with Gasteiger partial charge in [-0.2, -0.15) is 0 Å². The molecule has 7 heteroatoms. The summed E-state index contributed by atoms with van der Waals surface area (Å²) in [6, 6.07) is 4.68. The van der Waals surface area contributed by atoms with Gasteiger partial charge in [0.15, 0.2) is 5.82 Å². The van der Waals surface area contributed by atoms with Crippen molar-refractivity contribution in [3.63, 3.8) is 0 Å². The number of aromatic nitrogens is 1. The molecule has 2 aromatic rings. The molecule has 2 heterocycles. The van der Waals surface area contributed by atoms with E-state index in [1.165, 1.54) is 6.20 Å². The molecule has 1 aliphatic heterocycles. The maximum absolute atomic E-state index is 13.9. The Morgan fingerprint density at radius 2 is 2.00 bits per heavy atom. The highest BCUT2D eigenvalue weighted by molar-refractivity contribution is 6.52. The zero-order valence-corrected chi connectivity index (χ0v) is 11.2. The van der Waals surface area contributed by atoms with E-state index in [0.29, 0.717) is 11.6 Å². The van der Waals surface area contributed by atoms with Gasteiger partial charge in [-0.1, -0.05) is 17.7 Å². The minimum atomic E-state index is -0.968. The fraction of sp³-hybridized carbons (Fsp3) is 0.0714. The monoisotopic (exact) mass is 308 g/mol. The Morgan fingerprint density at radius 3 is 2.71 bits per heavy atom. The average Bonchev–Trinajstić information content (AvgIpc) is 2.67. The largest absolute Gasteiger partial charge is 0.299 e. The predicted molar refractivity (Wildman–Crippen MR) is 71.1 cm³/mol. The number of Topliss-reactive ketones (excluding diaryl/α,β-unsaturated/α-hetero) is 1. The van der Waals surface area contributed by atoms with E-state index >= 15 is 0 Å². The number of ketones is 1. The van der Waals surface area contributed by atoms with E-state index in [4.69, 9.17) is 11.6 Å². The lowest BCUT2D eigenvalue weighted by atomic mass is 10.1. The standard InChI is InChI=1S/C14H7ClF2N2O2/c15-13-7(2-1-3-18-13)6-19-11-9(12(20)14(19)21)4-8(16)5-10(11)17/h1-5H,6H2. The van der Waals surface area contributed by atoms with Crippen LogP contribution in [0, 0.1) is 11.6 Å². The van der Waals surface area contributed by atoms with Crippen LogP contribution in [0.5, 0.6) is 0 Å². The van der Waals surface area contributed by atoms with Crippen molar-refractivity contribution in [2.45, 2.75) is 6.54 Å². The van der Waals surface area contributed by atoms with Crippen molar-refractivity contribution in [2.24, 2.45) is 0 Å². The molecule has 1 aromatic carbocycles. The van der Waals surface area contributed by atoms with Crippen LogP contribution in [-0.4, -0.2) is 16.7 Å². The summed E-state index contributed by atoms with van der Waals surface area (Å²) in [7, 11) is 0. The van der Waals surface area contributed by atoms with Gasteiger partial charge in [-0.05, 0) is 12.1 Å². The van der Waals surface area contributed by atoms with Gasteiger partial charge in [-0.15, -0.1) is 0 Å². The number of hydrogen-bond acceptors (Lipinski definition) is 3. The van der Waals surface area contributed by atoms with Crippen LogP contribution < -0.4 is 4.90 Å². The van der Waals surface area contributed by atoms with E-state index in [0.717, 1.165) is 11.0 Å². The maximum atomic E-state index is 13.9. The molecule has 0 atom stereocenters. The Hall–Kier alpha value is -2.34. The van der Waals surface area contributed by atoms with Gasteiger partial charge in [0, 0.05) is 17.8 Å². The number of pyridine rings is 1. The third-order valence-electron chi connectivity index (χ3n) is 3.15. The summed E-state index contributed by atoms with van der Waals surface area (Å²) in [6.07, 6.45) is 1.46. The summed E-state index contributed by atoms with van der Waals surface area (Å²) in [5, 5.41) is 0.147. The molecule has 21 heavy (non-hydrogen) atoms. The van der Waals surface area contributed by atoms with Gasteiger partial charge >= 0.3 is 0 Å². The molecule has 4 nitrogen and oxygen atoms in total. The molecular weight excluding hydrogens is 302 g/mol. The first-order valence-corrected chi connectivity index (χ1v) is 6.31. The van der Waals surface area contributed by atoms with E-state index in [9.17, 15) is 18.4 Å². The number of fused-ring (bicyclic) bond motifs is 1. The van der Waals surface area contributed by atoms with E-state index in [2.05, 4.69) is 4.98 Å². The number of halogens is 3. The van der Waals surface area contributed by atoms with Gasteiger partial charge in [0.1, 0.15) is 11.0 Å². The van der Waals surface area contributed by atoms with Crippen LogP contribution in [0.2, 0.25) is 5.15 Å². The molecule has 0 fully saturated rings. The van der Waals surface area contributed by atoms with Crippen LogP contribution in [-0.2, 0) is 11.3 Å². The molecule has 3 rings (SSSR count). The van der Waals surface area contributed by atoms with Gasteiger partial charge in [-0.3, -0.25) is 14.5 Å². The lowest BCUT2D eigenvalue weighted by molar-refractivity contribution is -0.114. The number of amides is 1. The summed E-state index contributed by atoms with van der Waals surface area (Å²) >= 11 is 5.89. The van der Waals surface area contributed by atoms with Crippen molar-refractivity contribution >= 4 is 29.0 Å². The Balaban J connectivity index is 2.08. The third-order valence-corrected chi connectivity index (χ3v) is 3.49. The first-order chi connectivity index (χ1) is 9.99. The molecule has 1 aromatic heterocycles. The number of carbonyl (C=O) groups excluding carboxylic acids is 2. The zero-order valence-electron chi connectivity index (χ0n) is 10.4. The van der Waals surface area contributed by atoms with Crippen LogP contribution in [0.25, 0.3) is 0 Å². The van der Waals surface area contributed by atoms with Crippen molar-refractivity contribution in [1.29, 1.82) is 0 Å². The maximum Gasteiger partial charge on any atom is 0.299 e. The number of rotatable bonds is 2. The van der Waals surface area contributed by atoms with Gasteiger partial charge < -0.3 is 0 Å². The SMILES string of the molecule is O=C1C(=O)N(Cc2cccnc2Cl)c2c(F)cc(F)cc21. The molecule has 0 spiro atoms. The molecule has 1 amide bonds. The first-order valence-electron chi connectivity index (χ1n) is 5.93. The van der Waals surface area contributed by atoms with Crippen LogP contribution >= 0.6 is 11.6 Å². The second-order valence-corrected chi connectivity index (χ2v) is 4.82. The summed E-state index contributed by atoms with van der Waals surface area (Å²) in [6.45, 7) is -0.118. The Labute approximate surface area is 123 Å². The van der Waals surface area contributed by atoms with Crippen molar-refractivity contribution in [3.8, 4) is 0 Å². The zero-order chi connectivity index (χ0) is 15.1. The predicted octanol–water partition coefficient (Wildman–Crippen LogP) is 2.74. The van der Waals surface area contributed by atoms with Crippen LogP contribution in [0.4, 0.5) is 14.5 Å². The van der Waals surface area contributed by atoms with Crippen LogP contribution in [0.1, 0.15) is 15.9 Å². The number of anilines is 1. The summed E-state index contributed by atoms with van der Waals surface area (Å²) in [4.78, 5) is 28.6. The molecule has 0 saturated carbocycles. The highest BCUT2D eigenvalue weighted by Gasteiger charge is 2.38. The minimum absolute atomic E-state index is 0.118. The van der Waals surface area contributed by atoms with E-state index in [1.54, 1.807) is 12.1 Å². The highest BCUT2D eigenvalue weighted by Crippen LogP contribution is 2.34. The molecule has 0 radical (unpaired) electrons. The number of carbonyl (C=O) groups is 2. The molecule has 0 unspecified atom stereocenters. The van der Waals surface area contributed by atoms with Crippen molar-refractivity contribution in [3.05, 3.63) is 58.4 Å². The molecule has 0 saturated heterocycles. The summed E-state index contributed by atoms with van der Waals surface area (Å²) < 4.78 is 27.1. The van der Waals surface area contributed by atoms with Gasteiger partial charge in [0.05, 0.1) is 17.8 Å². The van der Waals surface area contributed by atoms with Gasteiger partial charge in [0.25, 0.3) is 11.7 Å². The van der Waals surface area contributed by atoms with E-state index in [1.807, 2.05) is 0 Å². The second kappa shape index (κ2) is 4.89. The highest BCUT2D eigenvalue weighted by atomic mass is 35.5. The lowest BCUT2D eigenvalue weighted by Crippen LogP contribution is -2.29. The minimum Gasteiger partial charge on any atom is -0.297 e. The molecule has 106 valence electrons. The Bertz CT molecular complexity index is 780. The summed E-state index contributed by atoms with van der Waals surface area (Å²) in [5.74, 6) is -3.74. The second-order valence-electron chi connectivity index (χ2n) is 4.46. The smallest absolute Gasteiger partial charge is 0.297 e. The van der Waals surface area contributed by atoms with Gasteiger partial charge in [0.2, 0.25) is 0 Å². The lowest BCUT2D eigenvalue weighted by Gasteiger charge is -2.17. The number of nitrogens with zero attached hydrogens (tertiary/aromatic N) is 2. The Kier molecular flexibility index (Phi) is 3.17.